The van der Waals surface area contributed by atoms with Crippen molar-refractivity contribution >= 4 is 11.8 Å². The molecule has 1 heterocycles. The van der Waals surface area contributed by atoms with E-state index in [1.807, 2.05) is 6.92 Å². The number of hydrogen-bond acceptors (Lipinski definition) is 4. The van der Waals surface area contributed by atoms with Gasteiger partial charge in [0.1, 0.15) is 0 Å². The van der Waals surface area contributed by atoms with Crippen molar-refractivity contribution < 1.29 is 19.4 Å². The molecule has 0 aromatic rings. The zero-order valence-electron chi connectivity index (χ0n) is 11.6. The molecular weight excluding hydrogens is 244 g/mol. The van der Waals surface area contributed by atoms with E-state index in [1.165, 1.54) is 6.08 Å². The molecule has 4 nitrogen and oxygen atoms in total. The maximum Gasteiger partial charge on any atom is 0.336 e. The number of ketones is 1. The van der Waals surface area contributed by atoms with E-state index < -0.39 is 12.3 Å². The van der Waals surface area contributed by atoms with Gasteiger partial charge in [-0.15, -0.1) is 0 Å². The number of carbonyl (C=O) groups excluding carboxylic acids is 2. The maximum atomic E-state index is 11.5. The lowest BCUT2D eigenvalue weighted by Gasteiger charge is -2.39. The highest BCUT2D eigenvalue weighted by Crippen LogP contribution is 2.45. The summed E-state index contributed by atoms with van der Waals surface area (Å²) in [7, 11) is 0. The number of carbonyl (C=O) groups is 2. The van der Waals surface area contributed by atoms with Crippen molar-refractivity contribution in [1.82, 2.24) is 0 Å². The zero-order valence-corrected chi connectivity index (χ0v) is 11.6. The van der Waals surface area contributed by atoms with Gasteiger partial charge >= 0.3 is 5.97 Å². The second kappa shape index (κ2) is 4.93. The minimum atomic E-state index is -1.10. The smallest absolute Gasteiger partial charge is 0.336 e. The van der Waals surface area contributed by atoms with Gasteiger partial charge in [0.05, 0.1) is 0 Å². The molecule has 1 aliphatic carbocycles. The lowest BCUT2D eigenvalue weighted by molar-refractivity contribution is -0.151. The van der Waals surface area contributed by atoms with Crippen LogP contribution in [0.15, 0.2) is 23.3 Å². The van der Waals surface area contributed by atoms with Crippen LogP contribution in [-0.2, 0) is 14.3 Å². The summed E-state index contributed by atoms with van der Waals surface area (Å²) in [4.78, 5) is 23.0. The molecule has 0 aromatic heterocycles. The topological polar surface area (TPSA) is 63.6 Å². The normalized spacial score (nSPS) is 34.9. The van der Waals surface area contributed by atoms with Gasteiger partial charge in [0.2, 0.25) is 6.29 Å². The van der Waals surface area contributed by atoms with Gasteiger partial charge in [-0.3, -0.25) is 4.79 Å². The highest BCUT2D eigenvalue weighted by atomic mass is 16.6. The molecule has 0 aromatic carbocycles. The van der Waals surface area contributed by atoms with Crippen LogP contribution < -0.4 is 0 Å². The monoisotopic (exact) mass is 264 g/mol. The highest BCUT2D eigenvalue weighted by molar-refractivity contribution is 5.92. The first-order valence-electron chi connectivity index (χ1n) is 6.64. The van der Waals surface area contributed by atoms with E-state index in [-0.39, 0.29) is 17.1 Å². The molecule has 0 saturated heterocycles. The lowest BCUT2D eigenvalue weighted by Crippen LogP contribution is -2.32. The van der Waals surface area contributed by atoms with Crippen molar-refractivity contribution in [3.05, 3.63) is 23.3 Å². The predicted molar refractivity (Wildman–Crippen MR) is 70.1 cm³/mol. The van der Waals surface area contributed by atoms with Gasteiger partial charge in [-0.25, -0.2) is 4.79 Å². The quantitative estimate of drug-likeness (QED) is 0.793. The third-order valence-electron chi connectivity index (χ3n) is 4.62. The van der Waals surface area contributed by atoms with E-state index in [0.717, 1.165) is 12.0 Å². The molecule has 19 heavy (non-hydrogen) atoms. The first kappa shape index (κ1) is 14.0. The van der Waals surface area contributed by atoms with E-state index in [2.05, 4.69) is 18.6 Å². The average Bonchev–Trinajstić information content (AvgIpc) is 2.62. The molecule has 0 fully saturated rings. The van der Waals surface area contributed by atoms with Gasteiger partial charge < -0.3 is 9.84 Å². The number of aliphatic hydroxyl groups is 1. The number of hydrogen-bond donors (Lipinski definition) is 1. The van der Waals surface area contributed by atoms with Crippen molar-refractivity contribution in [3.8, 4) is 0 Å². The van der Waals surface area contributed by atoms with Crippen molar-refractivity contribution in [2.45, 2.75) is 46.3 Å². The molecular formula is C15H20O4. The Labute approximate surface area is 113 Å². The van der Waals surface area contributed by atoms with E-state index >= 15 is 0 Å². The number of esters is 1. The SMILES string of the molecule is CC1=CC(=O)CC(C)C1(C)CCC1=CC(O)OC1=O. The number of allylic oxidation sites excluding steroid dienone is 2. The van der Waals surface area contributed by atoms with Crippen molar-refractivity contribution in [3.63, 3.8) is 0 Å². The van der Waals surface area contributed by atoms with Crippen LogP contribution in [0.1, 0.15) is 40.0 Å². The molecule has 4 heteroatoms. The van der Waals surface area contributed by atoms with Crippen LogP contribution in [-0.4, -0.2) is 23.1 Å². The first-order chi connectivity index (χ1) is 8.83. The van der Waals surface area contributed by atoms with E-state index in [4.69, 9.17) is 0 Å². The van der Waals surface area contributed by atoms with Crippen LogP contribution in [0, 0.1) is 11.3 Å². The van der Waals surface area contributed by atoms with Crippen molar-refractivity contribution in [2.24, 2.45) is 11.3 Å². The van der Waals surface area contributed by atoms with Crippen LogP contribution in [0.4, 0.5) is 0 Å². The molecule has 0 amide bonds. The summed E-state index contributed by atoms with van der Waals surface area (Å²) in [6, 6.07) is 0. The number of rotatable bonds is 3. The number of aliphatic hydroxyl groups excluding tert-OH is 1. The lowest BCUT2D eigenvalue weighted by atomic mass is 9.64. The Morgan fingerprint density at radius 3 is 2.68 bits per heavy atom. The molecule has 0 spiro atoms. The van der Waals surface area contributed by atoms with Gasteiger partial charge in [0.15, 0.2) is 5.78 Å². The Balaban J connectivity index is 2.10. The third kappa shape index (κ3) is 2.63. The highest BCUT2D eigenvalue weighted by Gasteiger charge is 2.38. The van der Waals surface area contributed by atoms with Gasteiger partial charge in [-0.2, -0.15) is 0 Å². The second-order valence-corrected chi connectivity index (χ2v) is 5.80. The van der Waals surface area contributed by atoms with Crippen LogP contribution in [0.3, 0.4) is 0 Å². The van der Waals surface area contributed by atoms with Crippen LogP contribution in [0.2, 0.25) is 0 Å². The predicted octanol–water partition coefficient (Wildman–Crippen LogP) is 2.13. The Morgan fingerprint density at radius 1 is 1.47 bits per heavy atom. The van der Waals surface area contributed by atoms with Crippen molar-refractivity contribution in [2.75, 3.05) is 0 Å². The number of cyclic esters (lactones) is 1. The van der Waals surface area contributed by atoms with Crippen LogP contribution >= 0.6 is 0 Å². The Morgan fingerprint density at radius 2 is 2.16 bits per heavy atom. The molecule has 1 N–H and O–H groups in total. The van der Waals surface area contributed by atoms with Crippen LogP contribution in [0.25, 0.3) is 0 Å². The second-order valence-electron chi connectivity index (χ2n) is 5.80. The van der Waals surface area contributed by atoms with Gasteiger partial charge in [0.25, 0.3) is 0 Å². The van der Waals surface area contributed by atoms with E-state index in [9.17, 15) is 14.7 Å². The van der Waals surface area contributed by atoms with Crippen molar-refractivity contribution in [1.29, 1.82) is 0 Å². The fourth-order valence-electron chi connectivity index (χ4n) is 2.86. The first-order valence-corrected chi connectivity index (χ1v) is 6.64. The summed E-state index contributed by atoms with van der Waals surface area (Å²) in [6.45, 7) is 6.18. The summed E-state index contributed by atoms with van der Waals surface area (Å²) in [5, 5.41) is 9.23. The van der Waals surface area contributed by atoms with Crippen LogP contribution in [0.5, 0.6) is 0 Å². The fourth-order valence-corrected chi connectivity index (χ4v) is 2.86. The standard InChI is InChI=1S/C15H20O4/c1-9-6-12(16)7-10(2)15(9,3)5-4-11-8-13(17)19-14(11)18/h6,8,10,13,17H,4-5,7H2,1-3H3. The van der Waals surface area contributed by atoms with E-state index in [0.29, 0.717) is 18.4 Å². The Hall–Kier alpha value is -1.42. The summed E-state index contributed by atoms with van der Waals surface area (Å²) in [5.74, 6) is 0.00241. The van der Waals surface area contributed by atoms with Gasteiger partial charge in [-0.05, 0) is 43.3 Å². The van der Waals surface area contributed by atoms with Gasteiger partial charge in [-0.1, -0.05) is 19.4 Å². The molecule has 0 saturated carbocycles. The molecule has 0 radical (unpaired) electrons. The summed E-state index contributed by atoms with van der Waals surface area (Å²) in [6.07, 6.45) is 3.98. The number of ether oxygens (including phenoxy) is 1. The molecule has 0 bridgehead atoms. The average molecular weight is 264 g/mol. The Kier molecular flexibility index (Phi) is 3.63. The molecule has 2 aliphatic rings. The van der Waals surface area contributed by atoms with E-state index in [1.54, 1.807) is 6.08 Å². The summed E-state index contributed by atoms with van der Waals surface area (Å²) in [5.41, 5.74) is 1.53. The summed E-state index contributed by atoms with van der Waals surface area (Å²) >= 11 is 0. The summed E-state index contributed by atoms with van der Waals surface area (Å²) < 4.78 is 4.67. The molecule has 2 rings (SSSR count). The molecule has 3 unspecified atom stereocenters. The molecule has 104 valence electrons. The minimum absolute atomic E-state index is 0.0808. The zero-order chi connectivity index (χ0) is 14.2. The third-order valence-corrected chi connectivity index (χ3v) is 4.62. The van der Waals surface area contributed by atoms with Gasteiger partial charge in [0, 0.05) is 12.0 Å². The minimum Gasteiger partial charge on any atom is -0.429 e. The largest absolute Gasteiger partial charge is 0.429 e. The Bertz CT molecular complexity index is 475. The maximum absolute atomic E-state index is 11.5. The fraction of sp³-hybridized carbons (Fsp3) is 0.600. The molecule has 1 aliphatic heterocycles. The molecule has 3 atom stereocenters.